The highest BCUT2D eigenvalue weighted by molar-refractivity contribution is 6.06. The Labute approximate surface area is 141 Å². The molecule has 2 aromatic rings. The third-order valence-corrected chi connectivity index (χ3v) is 3.12. The summed E-state index contributed by atoms with van der Waals surface area (Å²) in [5, 5.41) is 13.9. The van der Waals surface area contributed by atoms with Crippen molar-refractivity contribution in [3.8, 4) is 6.07 Å². The Morgan fingerprint density at radius 1 is 1.24 bits per heavy atom. The van der Waals surface area contributed by atoms with E-state index in [1.807, 2.05) is 0 Å². The lowest BCUT2D eigenvalue weighted by Crippen LogP contribution is -2.19. The minimum Gasteiger partial charge on any atom is -0.386 e. The number of pyridine rings is 1. The van der Waals surface area contributed by atoms with E-state index in [-0.39, 0.29) is 5.57 Å². The van der Waals surface area contributed by atoms with Crippen LogP contribution in [0.5, 0.6) is 0 Å². The van der Waals surface area contributed by atoms with Gasteiger partial charge in [0, 0.05) is 25.1 Å². The number of benzene rings is 1. The molecule has 128 valence electrons. The number of hydrogen-bond acceptors (Lipinski definition) is 4. The van der Waals surface area contributed by atoms with Crippen LogP contribution in [0.4, 0.5) is 18.9 Å². The average Bonchev–Trinajstić information content (AvgIpc) is 2.59. The van der Waals surface area contributed by atoms with Crippen LogP contribution >= 0.6 is 0 Å². The first-order valence-electron chi connectivity index (χ1n) is 7.12. The summed E-state index contributed by atoms with van der Waals surface area (Å²) < 4.78 is 38.8. The Morgan fingerprint density at radius 3 is 2.64 bits per heavy atom. The molecule has 0 aliphatic carbocycles. The second-order valence-corrected chi connectivity index (χ2v) is 4.91. The molecule has 25 heavy (non-hydrogen) atoms. The molecule has 8 heteroatoms. The number of amides is 1. The molecule has 1 heterocycles. The van der Waals surface area contributed by atoms with E-state index in [4.69, 9.17) is 5.26 Å². The molecule has 1 aromatic carbocycles. The zero-order chi connectivity index (χ0) is 18.3. The van der Waals surface area contributed by atoms with Gasteiger partial charge in [0.15, 0.2) is 0 Å². The van der Waals surface area contributed by atoms with Crippen LogP contribution in [-0.2, 0) is 17.5 Å². The molecule has 1 aromatic heterocycles. The summed E-state index contributed by atoms with van der Waals surface area (Å²) in [6.45, 7) is 0.311. The predicted octanol–water partition coefficient (Wildman–Crippen LogP) is 3.24. The van der Waals surface area contributed by atoms with Crippen molar-refractivity contribution < 1.29 is 18.0 Å². The number of halogens is 3. The highest BCUT2D eigenvalue weighted by Crippen LogP contribution is 2.34. The topological polar surface area (TPSA) is 77.8 Å². The van der Waals surface area contributed by atoms with Crippen molar-refractivity contribution in [3.05, 3.63) is 71.7 Å². The van der Waals surface area contributed by atoms with Gasteiger partial charge < -0.3 is 10.6 Å². The van der Waals surface area contributed by atoms with Crippen LogP contribution in [0, 0.1) is 11.3 Å². The predicted molar refractivity (Wildman–Crippen MR) is 84.8 cm³/mol. The minimum atomic E-state index is -4.61. The fourth-order valence-corrected chi connectivity index (χ4v) is 1.95. The average molecular weight is 346 g/mol. The Hall–Kier alpha value is -3.34. The van der Waals surface area contributed by atoms with Gasteiger partial charge in [-0.15, -0.1) is 0 Å². The summed E-state index contributed by atoms with van der Waals surface area (Å²) in [5.74, 6) is -0.933. The van der Waals surface area contributed by atoms with Crippen molar-refractivity contribution in [3.63, 3.8) is 0 Å². The molecule has 0 aliphatic rings. The Kier molecular flexibility index (Phi) is 5.74. The van der Waals surface area contributed by atoms with E-state index in [1.165, 1.54) is 12.1 Å². The van der Waals surface area contributed by atoms with Crippen molar-refractivity contribution in [2.75, 3.05) is 5.32 Å². The van der Waals surface area contributed by atoms with E-state index < -0.39 is 23.3 Å². The molecule has 2 rings (SSSR count). The number of alkyl halides is 3. The number of rotatable bonds is 5. The number of nitriles is 1. The van der Waals surface area contributed by atoms with Gasteiger partial charge in [-0.3, -0.25) is 9.78 Å². The van der Waals surface area contributed by atoms with Crippen LogP contribution in [0.1, 0.15) is 11.1 Å². The molecule has 1 amide bonds. The van der Waals surface area contributed by atoms with E-state index in [9.17, 15) is 18.0 Å². The number of carbonyl (C=O) groups is 1. The normalized spacial score (nSPS) is 11.5. The van der Waals surface area contributed by atoms with Gasteiger partial charge in [0.1, 0.15) is 11.6 Å². The number of para-hydroxylation sites is 1. The van der Waals surface area contributed by atoms with Gasteiger partial charge in [-0.05, 0) is 23.8 Å². The molecule has 5 nitrogen and oxygen atoms in total. The zero-order valence-corrected chi connectivity index (χ0v) is 12.8. The van der Waals surface area contributed by atoms with Gasteiger partial charge in [-0.2, -0.15) is 18.4 Å². The number of carbonyl (C=O) groups excluding carboxylic acids is 1. The molecular formula is C17H13F3N4O. The molecule has 0 radical (unpaired) electrons. The van der Waals surface area contributed by atoms with E-state index >= 15 is 0 Å². The number of aromatic nitrogens is 1. The summed E-state index contributed by atoms with van der Waals surface area (Å²) in [4.78, 5) is 16.0. The smallest absolute Gasteiger partial charge is 0.386 e. The number of hydrogen-bond donors (Lipinski definition) is 2. The second-order valence-electron chi connectivity index (χ2n) is 4.91. The van der Waals surface area contributed by atoms with Crippen LogP contribution in [0.3, 0.4) is 0 Å². The van der Waals surface area contributed by atoms with E-state index in [0.717, 1.165) is 23.9 Å². The van der Waals surface area contributed by atoms with Crippen molar-refractivity contribution >= 4 is 11.6 Å². The Morgan fingerprint density at radius 2 is 2.00 bits per heavy atom. The summed E-state index contributed by atoms with van der Waals surface area (Å²) >= 11 is 0. The van der Waals surface area contributed by atoms with Crippen molar-refractivity contribution in [2.45, 2.75) is 12.7 Å². The van der Waals surface area contributed by atoms with E-state index in [1.54, 1.807) is 30.6 Å². The lowest BCUT2D eigenvalue weighted by molar-refractivity contribution is -0.137. The summed E-state index contributed by atoms with van der Waals surface area (Å²) in [6, 6.07) is 9.73. The molecule has 0 spiro atoms. The maximum Gasteiger partial charge on any atom is 0.418 e. The molecule has 0 unspecified atom stereocenters. The van der Waals surface area contributed by atoms with Gasteiger partial charge in [0.25, 0.3) is 5.91 Å². The molecule has 0 atom stereocenters. The standard InChI is InChI=1S/C17H13F3N4O/c18-17(19,20)14-5-1-2-6-15(14)24-16(25)13(8-21)11-23-10-12-4-3-7-22-9-12/h1-7,9,11,23H,10H2,(H,24,25)/b13-11-. The third kappa shape index (κ3) is 5.07. The molecule has 0 bridgehead atoms. The van der Waals surface area contributed by atoms with Gasteiger partial charge in [-0.25, -0.2) is 0 Å². The zero-order valence-electron chi connectivity index (χ0n) is 12.8. The van der Waals surface area contributed by atoms with Crippen LogP contribution in [0.15, 0.2) is 60.6 Å². The van der Waals surface area contributed by atoms with Crippen LogP contribution < -0.4 is 10.6 Å². The van der Waals surface area contributed by atoms with Crippen LogP contribution in [0.25, 0.3) is 0 Å². The molecule has 0 aliphatic heterocycles. The van der Waals surface area contributed by atoms with Crippen molar-refractivity contribution in [2.24, 2.45) is 0 Å². The van der Waals surface area contributed by atoms with E-state index in [0.29, 0.717) is 6.54 Å². The summed E-state index contributed by atoms with van der Waals surface area (Å²) in [6.07, 6.45) is -0.254. The first kappa shape index (κ1) is 18.0. The number of nitrogens with zero attached hydrogens (tertiary/aromatic N) is 2. The molecular weight excluding hydrogens is 333 g/mol. The number of anilines is 1. The van der Waals surface area contributed by atoms with Gasteiger partial charge >= 0.3 is 6.18 Å². The third-order valence-electron chi connectivity index (χ3n) is 3.12. The molecule has 0 fully saturated rings. The maximum absolute atomic E-state index is 12.9. The maximum atomic E-state index is 12.9. The molecule has 0 saturated heterocycles. The Balaban J connectivity index is 2.08. The monoisotopic (exact) mass is 346 g/mol. The SMILES string of the molecule is N#C/C(=C/NCc1cccnc1)C(=O)Nc1ccccc1C(F)(F)F. The van der Waals surface area contributed by atoms with Gasteiger partial charge in [-0.1, -0.05) is 18.2 Å². The Bertz CT molecular complexity index is 811. The highest BCUT2D eigenvalue weighted by Gasteiger charge is 2.33. The van der Waals surface area contributed by atoms with Crippen molar-refractivity contribution in [1.82, 2.24) is 10.3 Å². The fraction of sp³-hybridized carbons (Fsp3) is 0.118. The largest absolute Gasteiger partial charge is 0.418 e. The molecule has 2 N–H and O–H groups in total. The minimum absolute atomic E-state index is 0.311. The number of nitrogens with one attached hydrogen (secondary N) is 2. The first-order valence-corrected chi connectivity index (χ1v) is 7.12. The lowest BCUT2D eigenvalue weighted by Gasteiger charge is -2.13. The summed E-state index contributed by atoms with van der Waals surface area (Å²) in [7, 11) is 0. The van der Waals surface area contributed by atoms with Gasteiger partial charge in [0.2, 0.25) is 0 Å². The lowest BCUT2D eigenvalue weighted by atomic mass is 10.1. The van der Waals surface area contributed by atoms with Crippen LogP contribution in [0.2, 0.25) is 0 Å². The first-order chi connectivity index (χ1) is 11.9. The molecule has 0 saturated carbocycles. The van der Waals surface area contributed by atoms with Crippen LogP contribution in [-0.4, -0.2) is 10.9 Å². The fourth-order valence-electron chi connectivity index (χ4n) is 1.95. The highest BCUT2D eigenvalue weighted by atomic mass is 19.4. The van der Waals surface area contributed by atoms with E-state index in [2.05, 4.69) is 15.6 Å². The van der Waals surface area contributed by atoms with Gasteiger partial charge in [0.05, 0.1) is 11.3 Å². The quantitative estimate of drug-likeness (QED) is 0.644. The summed E-state index contributed by atoms with van der Waals surface area (Å²) in [5.41, 5.74) is -0.919. The second kappa shape index (κ2) is 7.97. The van der Waals surface area contributed by atoms with Crippen molar-refractivity contribution in [1.29, 1.82) is 5.26 Å².